The smallest absolute Gasteiger partial charge is 0.217 e. The number of nitrogens with two attached hydrogens (primary N) is 1. The summed E-state index contributed by atoms with van der Waals surface area (Å²) < 4.78 is 25.7. The van der Waals surface area contributed by atoms with Crippen molar-refractivity contribution in [3.63, 3.8) is 0 Å². The van der Waals surface area contributed by atoms with E-state index in [1.807, 2.05) is 12.1 Å². The normalized spacial score (nSPS) is 22.6. The van der Waals surface area contributed by atoms with Gasteiger partial charge < -0.3 is 20.9 Å². The van der Waals surface area contributed by atoms with Crippen LogP contribution in [0.3, 0.4) is 0 Å². The molecule has 2 aromatic carbocycles. The summed E-state index contributed by atoms with van der Waals surface area (Å²) in [5.41, 5.74) is 9.58. The van der Waals surface area contributed by atoms with Gasteiger partial charge >= 0.3 is 0 Å². The summed E-state index contributed by atoms with van der Waals surface area (Å²) in [6.45, 7) is 14.5. The van der Waals surface area contributed by atoms with Crippen LogP contribution in [0.5, 0.6) is 0 Å². The number of hydrogen-bond acceptors (Lipinski definition) is 8. The minimum atomic E-state index is -3.69. The number of nitrogens with zero attached hydrogens (tertiary/aromatic N) is 4. The maximum Gasteiger partial charge on any atom is 0.217 e. The van der Waals surface area contributed by atoms with Crippen molar-refractivity contribution in [1.29, 1.82) is 0 Å². The number of allylic oxidation sites excluding steroid dienone is 1. The average Bonchev–Trinajstić information content (AvgIpc) is 3.05. The summed E-state index contributed by atoms with van der Waals surface area (Å²) in [4.78, 5) is 23.9. The molecule has 3 heterocycles. The van der Waals surface area contributed by atoms with Crippen LogP contribution >= 0.6 is 0 Å². The highest BCUT2D eigenvalue weighted by molar-refractivity contribution is 7.96. The van der Waals surface area contributed by atoms with Crippen molar-refractivity contribution >= 4 is 27.6 Å². The maximum atomic E-state index is 12.9. The third kappa shape index (κ3) is 7.76. The summed E-state index contributed by atoms with van der Waals surface area (Å²) in [5, 5.41) is 3.33. The number of rotatable bonds is 13. The number of aliphatic imine (C=N–C) groups is 1. The van der Waals surface area contributed by atoms with Crippen LogP contribution in [0.25, 0.3) is 0 Å². The average molecular weight is 663 g/mol. The maximum absolute atomic E-state index is 12.9. The topological polar surface area (TPSA) is 111 Å². The van der Waals surface area contributed by atoms with E-state index in [9.17, 15) is 13.2 Å². The molecule has 1 amide bonds. The monoisotopic (exact) mass is 662 g/mol. The molecule has 1 unspecified atom stereocenters. The lowest BCUT2D eigenvalue weighted by Gasteiger charge is -2.52. The second-order valence-electron chi connectivity index (χ2n) is 13.8. The van der Waals surface area contributed by atoms with E-state index in [2.05, 4.69) is 63.1 Å². The largest absolute Gasteiger partial charge is 0.403 e. The lowest BCUT2D eigenvalue weighted by atomic mass is 9.60. The van der Waals surface area contributed by atoms with E-state index >= 15 is 0 Å². The SMILES string of the molecule is CCC[C@@H](CC1(C2CCN(CC3CN(c4ccc(S(=O)(=O)C(C=NC)=CN)cc4)C3)CC2)CN(CC)Cc2ccccc21)NC(C)=O. The molecule has 256 valence electrons. The number of piperidine rings is 1. The fourth-order valence-corrected chi connectivity index (χ4v) is 9.56. The predicted octanol–water partition coefficient (Wildman–Crippen LogP) is 4.58. The third-order valence-electron chi connectivity index (χ3n) is 10.6. The first-order chi connectivity index (χ1) is 22.6. The Kier molecular flexibility index (Phi) is 11.5. The Morgan fingerprint density at radius 3 is 2.40 bits per heavy atom. The Hall–Kier alpha value is -3.21. The van der Waals surface area contributed by atoms with Gasteiger partial charge in [-0.1, -0.05) is 44.5 Å². The molecule has 47 heavy (non-hydrogen) atoms. The number of benzene rings is 2. The first kappa shape index (κ1) is 35.1. The Bertz CT molecular complexity index is 1530. The number of hydrogen-bond donors (Lipinski definition) is 2. The predicted molar refractivity (Wildman–Crippen MR) is 191 cm³/mol. The molecular weight excluding hydrogens is 609 g/mol. The molecule has 0 aromatic heterocycles. The van der Waals surface area contributed by atoms with Crippen molar-refractivity contribution < 1.29 is 13.2 Å². The summed E-state index contributed by atoms with van der Waals surface area (Å²) in [6.07, 6.45) is 7.74. The molecule has 2 fully saturated rings. The summed E-state index contributed by atoms with van der Waals surface area (Å²) >= 11 is 0. The lowest BCUT2D eigenvalue weighted by Crippen LogP contribution is -2.56. The van der Waals surface area contributed by atoms with E-state index < -0.39 is 9.84 Å². The Balaban J connectivity index is 1.22. The zero-order chi connectivity index (χ0) is 33.6. The molecule has 3 N–H and O–H groups in total. The second kappa shape index (κ2) is 15.3. The van der Waals surface area contributed by atoms with E-state index in [-0.39, 0.29) is 27.2 Å². The van der Waals surface area contributed by atoms with Crippen molar-refractivity contribution in [3.05, 3.63) is 70.8 Å². The molecule has 3 aliphatic heterocycles. The quantitative estimate of drug-likeness (QED) is 0.302. The number of carbonyl (C=O) groups is 1. The molecule has 5 rings (SSSR count). The Morgan fingerprint density at radius 2 is 1.79 bits per heavy atom. The minimum absolute atomic E-state index is 0.00431. The number of carbonyl (C=O) groups excluding carboxylic acids is 1. The van der Waals surface area contributed by atoms with Crippen LogP contribution in [0.2, 0.25) is 0 Å². The van der Waals surface area contributed by atoms with Crippen LogP contribution in [-0.2, 0) is 26.6 Å². The van der Waals surface area contributed by atoms with Crippen LogP contribution in [0, 0.1) is 11.8 Å². The highest BCUT2D eigenvalue weighted by Crippen LogP contribution is 2.47. The van der Waals surface area contributed by atoms with Crippen LogP contribution < -0.4 is 16.0 Å². The van der Waals surface area contributed by atoms with Gasteiger partial charge in [-0.2, -0.15) is 0 Å². The van der Waals surface area contributed by atoms with Crippen molar-refractivity contribution in [3.8, 4) is 0 Å². The first-order valence-electron chi connectivity index (χ1n) is 17.4. The number of fused-ring (bicyclic) bond motifs is 1. The molecule has 0 bridgehead atoms. The van der Waals surface area contributed by atoms with Gasteiger partial charge in [-0.05, 0) is 86.6 Å². The van der Waals surface area contributed by atoms with Gasteiger partial charge in [-0.15, -0.1) is 0 Å². The van der Waals surface area contributed by atoms with Crippen molar-refractivity contribution in [2.75, 3.05) is 57.8 Å². The Morgan fingerprint density at radius 1 is 1.09 bits per heavy atom. The number of likely N-dealkylation sites (N-methyl/N-ethyl adjacent to an activating group) is 1. The number of sulfone groups is 1. The van der Waals surface area contributed by atoms with Gasteiger partial charge in [0.1, 0.15) is 4.91 Å². The van der Waals surface area contributed by atoms with Crippen LogP contribution in [0.15, 0.2) is 69.5 Å². The van der Waals surface area contributed by atoms with Crippen LogP contribution in [-0.4, -0.2) is 89.2 Å². The third-order valence-corrected chi connectivity index (χ3v) is 12.4. The van der Waals surface area contributed by atoms with Crippen molar-refractivity contribution in [1.82, 2.24) is 15.1 Å². The van der Waals surface area contributed by atoms with E-state index in [0.29, 0.717) is 11.8 Å². The van der Waals surface area contributed by atoms with Gasteiger partial charge in [0.2, 0.25) is 15.7 Å². The van der Waals surface area contributed by atoms with E-state index in [0.717, 1.165) is 83.5 Å². The minimum Gasteiger partial charge on any atom is -0.403 e. The fraction of sp³-hybridized carbons (Fsp3) is 0.568. The number of likely N-dealkylation sites (tertiary alicyclic amines) is 1. The highest BCUT2D eigenvalue weighted by atomic mass is 32.2. The lowest BCUT2D eigenvalue weighted by molar-refractivity contribution is -0.120. The molecule has 9 nitrogen and oxygen atoms in total. The van der Waals surface area contributed by atoms with Gasteiger partial charge in [-0.25, -0.2) is 8.42 Å². The fourth-order valence-electron chi connectivity index (χ4n) is 8.37. The zero-order valence-corrected chi connectivity index (χ0v) is 29.5. The van der Waals surface area contributed by atoms with Gasteiger partial charge in [0, 0.05) is 82.2 Å². The standard InChI is InChI=1S/C37H54N6O3S/c1-5-9-32(40-28(3)44)20-37(27-41(6-2)26-30-10-7-8-11-36(30)37)31-16-18-42(19-17-31)23-29-24-43(25-29)33-12-14-34(15-13-33)47(45,46)35(21-38)22-39-4/h7-8,10-15,21-22,29,31-32H,5-6,9,16-20,23-27,38H2,1-4H3,(H,40,44)/t32-,37?/m0/s1. The zero-order valence-electron chi connectivity index (χ0n) is 28.7. The molecule has 2 aromatic rings. The number of amides is 1. The van der Waals surface area contributed by atoms with E-state index in [1.54, 1.807) is 19.1 Å². The molecule has 0 aliphatic carbocycles. The van der Waals surface area contributed by atoms with Crippen molar-refractivity contribution in [2.45, 2.75) is 75.8 Å². The first-order valence-corrected chi connectivity index (χ1v) is 18.9. The second-order valence-corrected chi connectivity index (χ2v) is 15.8. The van der Waals surface area contributed by atoms with Gasteiger partial charge in [-0.3, -0.25) is 14.7 Å². The van der Waals surface area contributed by atoms with Gasteiger partial charge in [0.15, 0.2) is 0 Å². The number of nitrogens with one attached hydrogen (secondary N) is 1. The Labute approximate surface area is 282 Å². The van der Waals surface area contributed by atoms with Gasteiger partial charge in [0.05, 0.1) is 4.90 Å². The molecule has 2 saturated heterocycles. The summed E-state index contributed by atoms with van der Waals surface area (Å²) in [7, 11) is -2.16. The molecule has 2 atom stereocenters. The molecule has 10 heteroatoms. The molecule has 0 spiro atoms. The van der Waals surface area contributed by atoms with Crippen molar-refractivity contribution in [2.24, 2.45) is 22.6 Å². The van der Waals surface area contributed by atoms with Crippen LogP contribution in [0.4, 0.5) is 5.69 Å². The number of anilines is 1. The summed E-state index contributed by atoms with van der Waals surface area (Å²) in [6, 6.07) is 16.4. The molecule has 0 saturated carbocycles. The van der Waals surface area contributed by atoms with E-state index in [1.165, 1.54) is 37.2 Å². The molecule has 0 radical (unpaired) electrons. The molecular formula is C37H54N6O3S. The highest BCUT2D eigenvalue weighted by Gasteiger charge is 2.47. The van der Waals surface area contributed by atoms with E-state index in [4.69, 9.17) is 5.73 Å². The molecule has 3 aliphatic rings. The van der Waals surface area contributed by atoms with Crippen LogP contribution in [0.1, 0.15) is 64.0 Å². The van der Waals surface area contributed by atoms with Gasteiger partial charge in [0.25, 0.3) is 0 Å². The summed E-state index contributed by atoms with van der Waals surface area (Å²) in [5.74, 6) is 1.23.